The molecule has 3 aromatic rings. The second-order valence-corrected chi connectivity index (χ2v) is 3.55. The number of aromatic amines is 2. The lowest BCUT2D eigenvalue weighted by Gasteiger charge is -2.01. The van der Waals surface area contributed by atoms with Gasteiger partial charge in [-0.15, -0.1) is 0 Å². The lowest BCUT2D eigenvalue weighted by atomic mass is 10.2. The summed E-state index contributed by atoms with van der Waals surface area (Å²) in [6, 6.07) is 4.00. The van der Waals surface area contributed by atoms with Gasteiger partial charge in [0.2, 0.25) is 0 Å². The largest absolute Gasteiger partial charge is 0.378 e. The Kier molecular flexibility index (Phi) is 2.07. The van der Waals surface area contributed by atoms with Crippen molar-refractivity contribution in [3.05, 3.63) is 42.5 Å². The number of anilines is 1. The van der Waals surface area contributed by atoms with E-state index >= 15 is 0 Å². The Morgan fingerprint density at radius 3 is 3.19 bits per heavy atom. The molecule has 5 heteroatoms. The minimum Gasteiger partial charge on any atom is -0.378 e. The Balaban J connectivity index is 1.84. The van der Waals surface area contributed by atoms with Crippen LogP contribution < -0.4 is 5.32 Å². The van der Waals surface area contributed by atoms with Crippen molar-refractivity contribution in [2.75, 3.05) is 5.32 Å². The Bertz CT molecular complexity index is 581. The molecule has 16 heavy (non-hydrogen) atoms. The number of nitrogens with zero attached hydrogens (tertiary/aromatic N) is 2. The number of aromatic nitrogens is 4. The molecule has 0 aromatic carbocycles. The fraction of sp³-hybridized carbons (Fsp3) is 0.0909. The molecule has 3 rings (SSSR count). The molecule has 3 N–H and O–H groups in total. The normalized spacial score (nSPS) is 10.8. The summed E-state index contributed by atoms with van der Waals surface area (Å²) >= 11 is 0. The van der Waals surface area contributed by atoms with Crippen LogP contribution in [0.2, 0.25) is 0 Å². The van der Waals surface area contributed by atoms with E-state index in [1.807, 2.05) is 18.5 Å². The van der Waals surface area contributed by atoms with Gasteiger partial charge in [-0.05, 0) is 17.7 Å². The predicted molar refractivity (Wildman–Crippen MR) is 62.0 cm³/mol. The van der Waals surface area contributed by atoms with Crippen LogP contribution >= 0.6 is 0 Å². The number of hydrogen-bond acceptors (Lipinski definition) is 3. The van der Waals surface area contributed by atoms with Crippen LogP contribution in [0.3, 0.4) is 0 Å². The summed E-state index contributed by atoms with van der Waals surface area (Å²) in [5.74, 6) is 0. The zero-order valence-electron chi connectivity index (χ0n) is 8.57. The van der Waals surface area contributed by atoms with Gasteiger partial charge in [-0.1, -0.05) is 0 Å². The SMILES string of the molecule is c1cnc2[nH]cc(CNc3cn[nH]c3)c2c1. The number of hydrogen-bond donors (Lipinski definition) is 3. The highest BCUT2D eigenvalue weighted by Gasteiger charge is 2.03. The first-order valence-corrected chi connectivity index (χ1v) is 5.07. The molecule has 5 nitrogen and oxygen atoms in total. The summed E-state index contributed by atoms with van der Waals surface area (Å²) in [7, 11) is 0. The van der Waals surface area contributed by atoms with Gasteiger partial charge in [-0.25, -0.2) is 4.98 Å². The van der Waals surface area contributed by atoms with E-state index in [1.54, 1.807) is 12.4 Å². The lowest BCUT2D eigenvalue weighted by Crippen LogP contribution is -1.97. The van der Waals surface area contributed by atoms with Gasteiger partial charge >= 0.3 is 0 Å². The molecule has 0 aliphatic rings. The molecule has 0 fully saturated rings. The minimum absolute atomic E-state index is 0.755. The lowest BCUT2D eigenvalue weighted by molar-refractivity contribution is 1.09. The standard InChI is InChI=1S/C11H11N5/c1-2-10-8(5-14-11(10)12-3-1)4-13-9-6-15-16-7-9/h1-3,5-7,13H,4H2,(H,12,14)(H,15,16). The monoisotopic (exact) mass is 213 g/mol. The summed E-state index contributed by atoms with van der Waals surface area (Å²) in [6.07, 6.45) is 7.34. The maximum absolute atomic E-state index is 4.25. The summed E-state index contributed by atoms with van der Waals surface area (Å²) < 4.78 is 0. The maximum atomic E-state index is 4.25. The van der Waals surface area contributed by atoms with Crippen LogP contribution in [0.15, 0.2) is 36.9 Å². The third kappa shape index (κ3) is 1.52. The van der Waals surface area contributed by atoms with E-state index in [-0.39, 0.29) is 0 Å². The molecule has 80 valence electrons. The average molecular weight is 213 g/mol. The highest BCUT2D eigenvalue weighted by atomic mass is 15.1. The molecule has 0 unspecified atom stereocenters. The van der Waals surface area contributed by atoms with Crippen molar-refractivity contribution >= 4 is 16.7 Å². The topological polar surface area (TPSA) is 69.4 Å². The van der Waals surface area contributed by atoms with E-state index in [0.29, 0.717) is 0 Å². The van der Waals surface area contributed by atoms with Crippen LogP contribution in [-0.4, -0.2) is 20.2 Å². The molecule has 0 aliphatic carbocycles. The van der Waals surface area contributed by atoms with E-state index in [2.05, 4.69) is 31.5 Å². The summed E-state index contributed by atoms with van der Waals surface area (Å²) in [5, 5.41) is 11.1. The highest BCUT2D eigenvalue weighted by Crippen LogP contribution is 2.16. The van der Waals surface area contributed by atoms with Crippen molar-refractivity contribution in [1.82, 2.24) is 20.2 Å². The smallest absolute Gasteiger partial charge is 0.137 e. The second kappa shape index (κ2) is 3.69. The molecule has 0 radical (unpaired) electrons. The van der Waals surface area contributed by atoms with Crippen LogP contribution in [0.1, 0.15) is 5.56 Å². The molecule has 3 heterocycles. The van der Waals surface area contributed by atoms with Crippen molar-refractivity contribution in [2.45, 2.75) is 6.54 Å². The number of pyridine rings is 1. The molecular formula is C11H11N5. The average Bonchev–Trinajstić information content (AvgIpc) is 2.96. The van der Waals surface area contributed by atoms with Crippen molar-refractivity contribution in [1.29, 1.82) is 0 Å². The molecule has 0 aliphatic heterocycles. The van der Waals surface area contributed by atoms with Crippen molar-refractivity contribution < 1.29 is 0 Å². The Morgan fingerprint density at radius 1 is 1.31 bits per heavy atom. The Morgan fingerprint density at radius 2 is 2.31 bits per heavy atom. The predicted octanol–water partition coefficient (Wildman–Crippen LogP) is 1.90. The first-order valence-electron chi connectivity index (χ1n) is 5.07. The van der Waals surface area contributed by atoms with Crippen molar-refractivity contribution in [2.24, 2.45) is 0 Å². The minimum atomic E-state index is 0.755. The number of rotatable bonds is 3. The fourth-order valence-corrected chi connectivity index (χ4v) is 1.70. The second-order valence-electron chi connectivity index (χ2n) is 3.55. The molecule has 3 aromatic heterocycles. The Hall–Kier alpha value is -2.30. The van der Waals surface area contributed by atoms with Crippen LogP contribution in [0, 0.1) is 0 Å². The number of H-pyrrole nitrogens is 2. The molecule has 0 spiro atoms. The van der Waals surface area contributed by atoms with E-state index in [9.17, 15) is 0 Å². The van der Waals surface area contributed by atoms with E-state index in [1.165, 1.54) is 5.56 Å². The van der Waals surface area contributed by atoms with Crippen LogP contribution in [-0.2, 0) is 6.54 Å². The van der Waals surface area contributed by atoms with Gasteiger partial charge in [0.1, 0.15) is 5.65 Å². The van der Waals surface area contributed by atoms with Gasteiger partial charge in [0.25, 0.3) is 0 Å². The number of nitrogens with one attached hydrogen (secondary N) is 3. The molecule has 0 saturated heterocycles. The van der Waals surface area contributed by atoms with Crippen molar-refractivity contribution in [3.8, 4) is 0 Å². The van der Waals surface area contributed by atoms with Crippen LogP contribution in [0.25, 0.3) is 11.0 Å². The summed E-state index contributed by atoms with van der Waals surface area (Å²) in [5.41, 5.74) is 3.11. The van der Waals surface area contributed by atoms with Gasteiger partial charge in [-0.3, -0.25) is 5.10 Å². The van der Waals surface area contributed by atoms with Gasteiger partial charge in [0, 0.05) is 30.5 Å². The van der Waals surface area contributed by atoms with E-state index in [0.717, 1.165) is 23.3 Å². The maximum Gasteiger partial charge on any atom is 0.137 e. The first kappa shape index (κ1) is 8.96. The molecule has 0 amide bonds. The quantitative estimate of drug-likeness (QED) is 0.622. The summed E-state index contributed by atoms with van der Waals surface area (Å²) in [6.45, 7) is 0.755. The van der Waals surface area contributed by atoms with Gasteiger partial charge < -0.3 is 10.3 Å². The zero-order valence-corrected chi connectivity index (χ0v) is 8.57. The highest BCUT2D eigenvalue weighted by molar-refractivity contribution is 5.79. The van der Waals surface area contributed by atoms with Crippen LogP contribution in [0.5, 0.6) is 0 Å². The van der Waals surface area contributed by atoms with E-state index < -0.39 is 0 Å². The van der Waals surface area contributed by atoms with E-state index in [4.69, 9.17) is 0 Å². The fourth-order valence-electron chi connectivity index (χ4n) is 1.70. The summed E-state index contributed by atoms with van der Waals surface area (Å²) in [4.78, 5) is 7.39. The number of fused-ring (bicyclic) bond motifs is 1. The molecular weight excluding hydrogens is 202 g/mol. The van der Waals surface area contributed by atoms with Crippen molar-refractivity contribution in [3.63, 3.8) is 0 Å². The zero-order chi connectivity index (χ0) is 10.8. The van der Waals surface area contributed by atoms with Gasteiger partial charge in [-0.2, -0.15) is 5.10 Å². The first-order chi connectivity index (χ1) is 7.93. The van der Waals surface area contributed by atoms with Crippen LogP contribution in [0.4, 0.5) is 5.69 Å². The molecule has 0 bridgehead atoms. The molecule has 0 saturated carbocycles. The van der Waals surface area contributed by atoms with Gasteiger partial charge in [0.05, 0.1) is 11.9 Å². The molecule has 0 atom stereocenters. The Labute approximate surface area is 91.9 Å². The third-order valence-electron chi connectivity index (χ3n) is 2.52. The third-order valence-corrected chi connectivity index (χ3v) is 2.52. The van der Waals surface area contributed by atoms with Gasteiger partial charge in [0.15, 0.2) is 0 Å².